The standard InChI is InChI=1S/C7H10O3/c1-5-6(10-5)3-4-7(8)9-2/h3-6H,1-2H3/b4-3+/t5-,6-/m1/s1. The van der Waals surface area contributed by atoms with Crippen LogP contribution >= 0.6 is 0 Å². The Labute approximate surface area is 59.6 Å². The highest BCUT2D eigenvalue weighted by Gasteiger charge is 2.31. The smallest absolute Gasteiger partial charge is 0.330 e. The first-order chi connectivity index (χ1) is 4.74. The maximum atomic E-state index is 10.5. The van der Waals surface area contributed by atoms with E-state index in [9.17, 15) is 4.79 Å². The molecule has 0 amide bonds. The summed E-state index contributed by atoms with van der Waals surface area (Å²) >= 11 is 0. The molecule has 56 valence electrons. The summed E-state index contributed by atoms with van der Waals surface area (Å²) in [6.07, 6.45) is 3.48. The molecule has 1 rings (SSSR count). The van der Waals surface area contributed by atoms with Gasteiger partial charge >= 0.3 is 5.97 Å². The predicted molar refractivity (Wildman–Crippen MR) is 35.5 cm³/mol. The molecular formula is C7H10O3. The topological polar surface area (TPSA) is 38.8 Å². The summed E-state index contributed by atoms with van der Waals surface area (Å²) in [4.78, 5) is 10.5. The number of methoxy groups -OCH3 is 1. The van der Waals surface area contributed by atoms with Gasteiger partial charge in [0.1, 0.15) is 6.10 Å². The van der Waals surface area contributed by atoms with Gasteiger partial charge in [0.25, 0.3) is 0 Å². The van der Waals surface area contributed by atoms with Crippen LogP contribution in [0.5, 0.6) is 0 Å². The molecule has 0 aromatic rings. The van der Waals surface area contributed by atoms with Crippen LogP contribution in [0.1, 0.15) is 6.92 Å². The Hall–Kier alpha value is -0.830. The van der Waals surface area contributed by atoms with E-state index in [2.05, 4.69) is 4.74 Å². The molecule has 0 aromatic carbocycles. The van der Waals surface area contributed by atoms with Crippen molar-refractivity contribution in [2.45, 2.75) is 19.1 Å². The van der Waals surface area contributed by atoms with Gasteiger partial charge in [0.15, 0.2) is 0 Å². The summed E-state index contributed by atoms with van der Waals surface area (Å²) in [7, 11) is 1.35. The summed E-state index contributed by atoms with van der Waals surface area (Å²) in [5.74, 6) is -0.331. The summed E-state index contributed by atoms with van der Waals surface area (Å²) in [6.45, 7) is 1.95. The Morgan fingerprint density at radius 3 is 2.70 bits per heavy atom. The minimum Gasteiger partial charge on any atom is -0.466 e. The van der Waals surface area contributed by atoms with Crippen LogP contribution in [0.2, 0.25) is 0 Å². The van der Waals surface area contributed by atoms with Crippen molar-refractivity contribution in [1.82, 2.24) is 0 Å². The minimum absolute atomic E-state index is 0.124. The van der Waals surface area contributed by atoms with E-state index in [0.29, 0.717) is 0 Å². The Balaban J connectivity index is 2.23. The van der Waals surface area contributed by atoms with Crippen molar-refractivity contribution < 1.29 is 14.3 Å². The van der Waals surface area contributed by atoms with E-state index in [1.54, 1.807) is 6.08 Å². The molecule has 0 spiro atoms. The third-order valence-corrected chi connectivity index (χ3v) is 1.38. The number of ether oxygens (including phenoxy) is 2. The highest BCUT2D eigenvalue weighted by Crippen LogP contribution is 2.21. The molecule has 2 atom stereocenters. The highest BCUT2D eigenvalue weighted by atomic mass is 16.6. The fraction of sp³-hybridized carbons (Fsp3) is 0.571. The number of hydrogen-bond acceptors (Lipinski definition) is 3. The molecule has 1 saturated heterocycles. The third kappa shape index (κ3) is 1.84. The molecule has 0 N–H and O–H groups in total. The van der Waals surface area contributed by atoms with Gasteiger partial charge in [-0.25, -0.2) is 4.79 Å². The molecule has 1 aliphatic rings. The second-order valence-corrected chi connectivity index (χ2v) is 2.19. The van der Waals surface area contributed by atoms with E-state index in [4.69, 9.17) is 4.74 Å². The molecular weight excluding hydrogens is 132 g/mol. The van der Waals surface area contributed by atoms with E-state index < -0.39 is 0 Å². The van der Waals surface area contributed by atoms with Gasteiger partial charge in [-0.3, -0.25) is 0 Å². The Kier molecular flexibility index (Phi) is 2.06. The van der Waals surface area contributed by atoms with E-state index in [-0.39, 0.29) is 18.2 Å². The van der Waals surface area contributed by atoms with Crippen LogP contribution in [0.3, 0.4) is 0 Å². The van der Waals surface area contributed by atoms with Crippen molar-refractivity contribution in [1.29, 1.82) is 0 Å². The van der Waals surface area contributed by atoms with Gasteiger partial charge in [0.05, 0.1) is 13.2 Å². The zero-order valence-corrected chi connectivity index (χ0v) is 6.03. The number of carbonyl (C=O) groups is 1. The summed E-state index contributed by atoms with van der Waals surface area (Å²) in [5, 5.41) is 0. The molecule has 0 radical (unpaired) electrons. The van der Waals surface area contributed by atoms with Crippen LogP contribution in [0.4, 0.5) is 0 Å². The lowest BCUT2D eigenvalue weighted by atomic mass is 10.3. The second-order valence-electron chi connectivity index (χ2n) is 2.19. The number of epoxide rings is 1. The van der Waals surface area contributed by atoms with E-state index in [1.807, 2.05) is 6.92 Å². The largest absolute Gasteiger partial charge is 0.466 e. The molecule has 1 fully saturated rings. The molecule has 3 nitrogen and oxygen atoms in total. The molecule has 1 heterocycles. The average Bonchev–Trinajstić information content (AvgIpc) is 2.61. The number of rotatable bonds is 2. The third-order valence-electron chi connectivity index (χ3n) is 1.38. The van der Waals surface area contributed by atoms with Gasteiger partial charge in [-0.05, 0) is 13.0 Å². The van der Waals surface area contributed by atoms with Gasteiger partial charge < -0.3 is 9.47 Å². The lowest BCUT2D eigenvalue weighted by molar-refractivity contribution is -0.134. The molecule has 0 bridgehead atoms. The molecule has 0 unspecified atom stereocenters. The van der Waals surface area contributed by atoms with Crippen LogP contribution in [0, 0.1) is 0 Å². The van der Waals surface area contributed by atoms with Gasteiger partial charge in [0.2, 0.25) is 0 Å². The zero-order chi connectivity index (χ0) is 7.56. The van der Waals surface area contributed by atoms with Gasteiger partial charge in [-0.1, -0.05) is 0 Å². The Morgan fingerprint density at radius 1 is 1.70 bits per heavy atom. The molecule has 3 heteroatoms. The maximum absolute atomic E-state index is 10.5. The molecule has 10 heavy (non-hydrogen) atoms. The van der Waals surface area contributed by atoms with Crippen molar-refractivity contribution in [2.75, 3.05) is 7.11 Å². The minimum atomic E-state index is -0.331. The Bertz CT molecular complexity index is 162. The average molecular weight is 142 g/mol. The normalized spacial score (nSPS) is 30.6. The second kappa shape index (κ2) is 2.84. The van der Waals surface area contributed by atoms with Crippen molar-refractivity contribution in [3.8, 4) is 0 Å². The lowest BCUT2D eigenvalue weighted by Gasteiger charge is -1.86. The first-order valence-electron chi connectivity index (χ1n) is 3.15. The van der Waals surface area contributed by atoms with Crippen molar-refractivity contribution in [2.24, 2.45) is 0 Å². The van der Waals surface area contributed by atoms with Gasteiger partial charge in [0, 0.05) is 6.08 Å². The monoisotopic (exact) mass is 142 g/mol. The SMILES string of the molecule is COC(=O)/C=C/[C@H]1O[C@@H]1C. The van der Waals surface area contributed by atoms with Gasteiger partial charge in [-0.2, -0.15) is 0 Å². The predicted octanol–water partition coefficient (Wildman–Crippen LogP) is 0.503. The van der Waals surface area contributed by atoms with Crippen LogP contribution in [-0.2, 0) is 14.3 Å². The molecule has 0 aromatic heterocycles. The zero-order valence-electron chi connectivity index (χ0n) is 6.03. The number of hydrogen-bond donors (Lipinski definition) is 0. The summed E-state index contributed by atoms with van der Waals surface area (Å²) in [6, 6.07) is 0. The molecule has 0 saturated carbocycles. The van der Waals surface area contributed by atoms with E-state index in [1.165, 1.54) is 13.2 Å². The van der Waals surface area contributed by atoms with E-state index >= 15 is 0 Å². The van der Waals surface area contributed by atoms with Crippen LogP contribution in [0.25, 0.3) is 0 Å². The molecule has 0 aliphatic carbocycles. The van der Waals surface area contributed by atoms with E-state index in [0.717, 1.165) is 0 Å². The number of esters is 1. The first-order valence-corrected chi connectivity index (χ1v) is 3.15. The van der Waals surface area contributed by atoms with Crippen molar-refractivity contribution in [3.63, 3.8) is 0 Å². The fourth-order valence-electron chi connectivity index (χ4n) is 0.646. The van der Waals surface area contributed by atoms with Crippen molar-refractivity contribution >= 4 is 5.97 Å². The lowest BCUT2D eigenvalue weighted by Crippen LogP contribution is -1.95. The summed E-state index contributed by atoms with van der Waals surface area (Å²) < 4.78 is 9.40. The molecule has 1 aliphatic heterocycles. The maximum Gasteiger partial charge on any atom is 0.330 e. The Morgan fingerprint density at radius 2 is 2.30 bits per heavy atom. The van der Waals surface area contributed by atoms with Crippen LogP contribution < -0.4 is 0 Å². The summed E-state index contributed by atoms with van der Waals surface area (Å²) in [5.41, 5.74) is 0. The highest BCUT2D eigenvalue weighted by molar-refractivity contribution is 5.81. The van der Waals surface area contributed by atoms with Gasteiger partial charge in [-0.15, -0.1) is 0 Å². The van der Waals surface area contributed by atoms with Crippen LogP contribution in [-0.4, -0.2) is 25.3 Å². The van der Waals surface area contributed by atoms with Crippen LogP contribution in [0.15, 0.2) is 12.2 Å². The number of carbonyl (C=O) groups excluding carboxylic acids is 1. The van der Waals surface area contributed by atoms with Crippen molar-refractivity contribution in [3.05, 3.63) is 12.2 Å². The fourth-order valence-corrected chi connectivity index (χ4v) is 0.646. The quantitative estimate of drug-likeness (QED) is 0.320. The first kappa shape index (κ1) is 7.28.